The highest BCUT2D eigenvalue weighted by Gasteiger charge is 2.06. The Balaban J connectivity index is 2.00. The molecule has 0 spiro atoms. The summed E-state index contributed by atoms with van der Waals surface area (Å²) >= 11 is 0. The Morgan fingerprint density at radius 2 is 1.70 bits per heavy atom. The van der Waals surface area contributed by atoms with Crippen LogP contribution in [-0.4, -0.2) is 15.9 Å². The minimum atomic E-state index is -0.146. The molecule has 1 heterocycles. The first-order valence-corrected chi connectivity index (χ1v) is 6.74. The highest BCUT2D eigenvalue weighted by Crippen LogP contribution is 2.08. The molecule has 2 aromatic rings. The number of hydrogen-bond donors (Lipinski definition) is 1. The monoisotopic (exact) mass is 269 g/mol. The molecule has 1 aromatic carbocycles. The molecule has 0 atom stereocenters. The maximum Gasteiger partial charge on any atom is 0.254 e. The summed E-state index contributed by atoms with van der Waals surface area (Å²) in [4.78, 5) is 20.3. The van der Waals surface area contributed by atoms with Crippen molar-refractivity contribution in [1.82, 2.24) is 15.3 Å². The van der Waals surface area contributed by atoms with Crippen molar-refractivity contribution in [3.05, 3.63) is 58.7 Å². The van der Waals surface area contributed by atoms with Gasteiger partial charge < -0.3 is 5.32 Å². The number of rotatable bonds is 4. The lowest BCUT2D eigenvalue weighted by atomic mass is 10.1. The van der Waals surface area contributed by atoms with Gasteiger partial charge in [0, 0.05) is 25.4 Å². The van der Waals surface area contributed by atoms with Crippen molar-refractivity contribution >= 4 is 5.91 Å². The summed E-state index contributed by atoms with van der Waals surface area (Å²) in [5.41, 5.74) is 3.99. The van der Waals surface area contributed by atoms with Crippen molar-refractivity contribution in [2.75, 3.05) is 0 Å². The Morgan fingerprint density at radius 1 is 1.10 bits per heavy atom. The van der Waals surface area contributed by atoms with Gasteiger partial charge >= 0.3 is 0 Å². The number of nitrogens with one attached hydrogen (secondary N) is 1. The van der Waals surface area contributed by atoms with E-state index in [2.05, 4.69) is 47.3 Å². The van der Waals surface area contributed by atoms with Gasteiger partial charge in [-0.1, -0.05) is 36.2 Å². The zero-order chi connectivity index (χ0) is 14.5. The molecule has 2 rings (SSSR count). The van der Waals surface area contributed by atoms with E-state index in [9.17, 15) is 4.79 Å². The quantitative estimate of drug-likeness (QED) is 0.928. The zero-order valence-electron chi connectivity index (χ0n) is 12.1. The molecular formula is C16H19N3O. The van der Waals surface area contributed by atoms with Crippen molar-refractivity contribution in [2.45, 2.75) is 33.7 Å². The highest BCUT2D eigenvalue weighted by atomic mass is 16.1. The van der Waals surface area contributed by atoms with Crippen molar-refractivity contribution in [3.63, 3.8) is 0 Å². The largest absolute Gasteiger partial charge is 0.348 e. The lowest BCUT2D eigenvalue weighted by Gasteiger charge is -2.07. The van der Waals surface area contributed by atoms with Gasteiger partial charge in [-0.05, 0) is 19.4 Å². The molecule has 104 valence electrons. The van der Waals surface area contributed by atoms with Gasteiger partial charge in [-0.25, -0.2) is 9.97 Å². The van der Waals surface area contributed by atoms with E-state index in [-0.39, 0.29) is 5.91 Å². The molecule has 0 aliphatic rings. The lowest BCUT2D eigenvalue weighted by Crippen LogP contribution is -2.23. The van der Waals surface area contributed by atoms with Crippen LogP contribution < -0.4 is 5.32 Å². The van der Waals surface area contributed by atoms with E-state index < -0.39 is 0 Å². The second-order valence-electron chi connectivity index (χ2n) is 4.92. The SMILES string of the molecule is CCc1ncc(C(=O)NCc2cc(C)cc(C)c2)cn1. The van der Waals surface area contributed by atoms with Crippen LogP contribution in [0.15, 0.2) is 30.6 Å². The van der Waals surface area contributed by atoms with E-state index in [1.54, 1.807) is 12.4 Å². The lowest BCUT2D eigenvalue weighted by molar-refractivity contribution is 0.0950. The molecule has 0 fully saturated rings. The number of nitrogens with zero attached hydrogens (tertiary/aromatic N) is 2. The average molecular weight is 269 g/mol. The van der Waals surface area contributed by atoms with Crippen LogP contribution in [0.2, 0.25) is 0 Å². The van der Waals surface area contributed by atoms with Crippen LogP contribution in [0.25, 0.3) is 0 Å². The molecule has 4 heteroatoms. The summed E-state index contributed by atoms with van der Waals surface area (Å²) < 4.78 is 0. The third-order valence-electron chi connectivity index (χ3n) is 3.02. The molecule has 4 nitrogen and oxygen atoms in total. The topological polar surface area (TPSA) is 54.9 Å². The maximum atomic E-state index is 12.0. The Kier molecular flexibility index (Phi) is 4.45. The van der Waals surface area contributed by atoms with E-state index in [4.69, 9.17) is 0 Å². The number of aromatic nitrogens is 2. The number of carbonyl (C=O) groups is 1. The predicted octanol–water partition coefficient (Wildman–Crippen LogP) is 2.59. The second kappa shape index (κ2) is 6.28. The van der Waals surface area contributed by atoms with Crippen molar-refractivity contribution in [1.29, 1.82) is 0 Å². The summed E-state index contributed by atoms with van der Waals surface area (Å²) in [6.07, 6.45) is 3.91. The van der Waals surface area contributed by atoms with Gasteiger partial charge in [-0.3, -0.25) is 4.79 Å². The number of amides is 1. The van der Waals surface area contributed by atoms with E-state index in [1.807, 2.05) is 6.92 Å². The molecule has 1 aromatic heterocycles. The minimum Gasteiger partial charge on any atom is -0.348 e. The smallest absolute Gasteiger partial charge is 0.254 e. The molecule has 20 heavy (non-hydrogen) atoms. The molecule has 0 bridgehead atoms. The predicted molar refractivity (Wildman–Crippen MR) is 78.5 cm³/mol. The Hall–Kier alpha value is -2.23. The Labute approximate surface area is 119 Å². The highest BCUT2D eigenvalue weighted by molar-refractivity contribution is 5.93. The summed E-state index contributed by atoms with van der Waals surface area (Å²) in [6, 6.07) is 6.26. The van der Waals surface area contributed by atoms with Crippen molar-refractivity contribution < 1.29 is 4.79 Å². The van der Waals surface area contributed by atoms with Crippen LogP contribution in [0, 0.1) is 13.8 Å². The number of benzene rings is 1. The molecule has 0 saturated heterocycles. The van der Waals surface area contributed by atoms with Gasteiger partial charge in [-0.2, -0.15) is 0 Å². The number of carbonyl (C=O) groups excluding carboxylic acids is 1. The van der Waals surface area contributed by atoms with Crippen molar-refractivity contribution in [3.8, 4) is 0 Å². The van der Waals surface area contributed by atoms with Crippen LogP contribution in [0.1, 0.15) is 39.8 Å². The first kappa shape index (κ1) is 14.2. The van der Waals surface area contributed by atoms with Gasteiger partial charge in [0.2, 0.25) is 0 Å². The summed E-state index contributed by atoms with van der Waals surface area (Å²) in [5.74, 6) is 0.600. The molecule has 0 radical (unpaired) electrons. The maximum absolute atomic E-state index is 12.0. The molecule has 0 saturated carbocycles. The zero-order valence-corrected chi connectivity index (χ0v) is 12.1. The fourth-order valence-corrected chi connectivity index (χ4v) is 2.11. The van der Waals surface area contributed by atoms with Crippen molar-refractivity contribution in [2.24, 2.45) is 0 Å². The summed E-state index contributed by atoms with van der Waals surface area (Å²) in [5, 5.41) is 2.89. The van der Waals surface area contributed by atoms with E-state index in [0.29, 0.717) is 12.1 Å². The normalized spacial score (nSPS) is 10.3. The average Bonchev–Trinajstić information content (AvgIpc) is 2.44. The van der Waals surface area contributed by atoms with Crippen LogP contribution in [-0.2, 0) is 13.0 Å². The van der Waals surface area contributed by atoms with Crippen LogP contribution in [0.4, 0.5) is 0 Å². The fraction of sp³-hybridized carbons (Fsp3) is 0.312. The van der Waals surface area contributed by atoms with Gasteiger partial charge in [-0.15, -0.1) is 0 Å². The number of aryl methyl sites for hydroxylation is 3. The minimum absolute atomic E-state index is 0.146. The molecule has 1 amide bonds. The Bertz CT molecular complexity index is 585. The standard InChI is InChI=1S/C16H19N3O/c1-4-15-17-9-14(10-18-15)16(20)19-8-13-6-11(2)5-12(3)7-13/h5-7,9-10H,4,8H2,1-3H3,(H,19,20). The summed E-state index contributed by atoms with van der Waals surface area (Å²) in [6.45, 7) is 6.59. The van der Waals surface area contributed by atoms with Gasteiger partial charge in [0.05, 0.1) is 5.56 Å². The molecule has 1 N–H and O–H groups in total. The van der Waals surface area contributed by atoms with Crippen LogP contribution >= 0.6 is 0 Å². The first-order valence-electron chi connectivity index (χ1n) is 6.74. The fourth-order valence-electron chi connectivity index (χ4n) is 2.11. The van der Waals surface area contributed by atoms with E-state index >= 15 is 0 Å². The molecular weight excluding hydrogens is 250 g/mol. The number of hydrogen-bond acceptors (Lipinski definition) is 3. The molecule has 0 unspecified atom stereocenters. The van der Waals surface area contributed by atoms with Crippen LogP contribution in [0.3, 0.4) is 0 Å². The van der Waals surface area contributed by atoms with E-state index in [0.717, 1.165) is 17.8 Å². The van der Waals surface area contributed by atoms with E-state index in [1.165, 1.54) is 11.1 Å². The van der Waals surface area contributed by atoms with Crippen LogP contribution in [0.5, 0.6) is 0 Å². The third-order valence-corrected chi connectivity index (χ3v) is 3.02. The second-order valence-corrected chi connectivity index (χ2v) is 4.92. The van der Waals surface area contributed by atoms with Gasteiger partial charge in [0.15, 0.2) is 0 Å². The molecule has 0 aliphatic carbocycles. The summed E-state index contributed by atoms with van der Waals surface area (Å²) in [7, 11) is 0. The van der Waals surface area contributed by atoms with Gasteiger partial charge in [0.25, 0.3) is 5.91 Å². The van der Waals surface area contributed by atoms with Gasteiger partial charge in [0.1, 0.15) is 5.82 Å². The first-order chi connectivity index (χ1) is 9.58. The molecule has 0 aliphatic heterocycles. The Morgan fingerprint density at radius 3 is 2.25 bits per heavy atom. The third kappa shape index (κ3) is 3.63.